The number of nitrogens with zero attached hydrogens (tertiary/aromatic N) is 3. The Bertz CT molecular complexity index is 504. The van der Waals surface area contributed by atoms with Gasteiger partial charge in [0.1, 0.15) is 16.6 Å². The summed E-state index contributed by atoms with van der Waals surface area (Å²) in [6, 6.07) is 2.84. The predicted octanol–water partition coefficient (Wildman–Crippen LogP) is 2.98. The highest BCUT2D eigenvalue weighted by Crippen LogP contribution is 2.23. The van der Waals surface area contributed by atoms with E-state index in [-0.39, 0.29) is 15.9 Å². The van der Waals surface area contributed by atoms with Crippen LogP contribution in [-0.2, 0) is 0 Å². The maximum Gasteiger partial charge on any atom is 0.150 e. The van der Waals surface area contributed by atoms with Gasteiger partial charge in [0.2, 0.25) is 0 Å². The van der Waals surface area contributed by atoms with E-state index in [0.717, 1.165) is 6.20 Å². The lowest BCUT2D eigenvalue weighted by Gasteiger charge is -2.02. The minimum atomic E-state index is -0.505. The molecule has 0 aliphatic rings. The maximum absolute atomic E-state index is 13.4. The third-order valence-corrected chi connectivity index (χ3v) is 2.15. The van der Waals surface area contributed by atoms with E-state index in [9.17, 15) is 4.39 Å². The number of hydrogen-bond acceptors (Lipinski definition) is 3. The molecular weight excluding hydrogens is 240 g/mol. The largest absolute Gasteiger partial charge is 0.241 e. The van der Waals surface area contributed by atoms with Gasteiger partial charge in [-0.3, -0.25) is 0 Å². The van der Waals surface area contributed by atoms with Crippen LogP contribution in [0.15, 0.2) is 24.7 Å². The second-order valence-electron chi connectivity index (χ2n) is 2.71. The molecule has 0 spiro atoms. The van der Waals surface area contributed by atoms with Gasteiger partial charge in [-0.1, -0.05) is 23.2 Å². The van der Waals surface area contributed by atoms with E-state index in [4.69, 9.17) is 23.2 Å². The van der Waals surface area contributed by atoms with Crippen molar-refractivity contribution in [3.05, 3.63) is 40.8 Å². The fraction of sp³-hybridized carbons (Fsp3) is 0. The summed E-state index contributed by atoms with van der Waals surface area (Å²) in [4.78, 5) is 11.2. The molecule has 0 aromatic carbocycles. The maximum atomic E-state index is 13.4. The molecule has 0 unspecified atom stereocenters. The van der Waals surface area contributed by atoms with E-state index in [1.165, 1.54) is 18.5 Å². The normalized spacial score (nSPS) is 10.3. The Morgan fingerprint density at radius 1 is 1.00 bits per heavy atom. The highest BCUT2D eigenvalue weighted by Gasteiger charge is 2.08. The van der Waals surface area contributed by atoms with Crippen LogP contribution in [0.25, 0.3) is 11.3 Å². The molecule has 76 valence electrons. The Labute approximate surface area is 94.9 Å². The summed E-state index contributed by atoms with van der Waals surface area (Å²) in [5, 5.41) is 0.438. The van der Waals surface area contributed by atoms with Crippen LogP contribution >= 0.6 is 23.2 Å². The second kappa shape index (κ2) is 4.08. The molecule has 0 aliphatic heterocycles. The molecule has 2 aromatic heterocycles. The molecule has 0 atom stereocenters. The molecule has 0 radical (unpaired) electrons. The Morgan fingerprint density at radius 2 is 1.73 bits per heavy atom. The summed E-state index contributed by atoms with van der Waals surface area (Å²) in [7, 11) is 0. The molecule has 2 heterocycles. The van der Waals surface area contributed by atoms with Gasteiger partial charge in [0.25, 0.3) is 0 Å². The Morgan fingerprint density at radius 3 is 2.47 bits per heavy atom. The molecule has 2 aromatic rings. The molecule has 0 bridgehead atoms. The van der Waals surface area contributed by atoms with Gasteiger partial charge in [-0.15, -0.1) is 0 Å². The third-order valence-electron chi connectivity index (χ3n) is 1.73. The first kappa shape index (κ1) is 10.3. The summed E-state index contributed by atoms with van der Waals surface area (Å²) in [6.45, 7) is 0. The molecule has 3 nitrogen and oxygen atoms in total. The van der Waals surface area contributed by atoms with Crippen LogP contribution in [0.1, 0.15) is 0 Å². The van der Waals surface area contributed by atoms with Crippen molar-refractivity contribution in [3.63, 3.8) is 0 Å². The first-order chi connectivity index (χ1) is 7.16. The molecule has 2 rings (SSSR count). The van der Waals surface area contributed by atoms with Crippen LogP contribution in [0.2, 0.25) is 10.3 Å². The molecule has 6 heteroatoms. The zero-order valence-electron chi connectivity index (χ0n) is 7.28. The van der Waals surface area contributed by atoms with Crippen LogP contribution in [0.3, 0.4) is 0 Å². The Hall–Kier alpha value is -1.26. The van der Waals surface area contributed by atoms with Crippen LogP contribution in [0.4, 0.5) is 4.39 Å². The third kappa shape index (κ3) is 2.22. The summed E-state index contributed by atoms with van der Waals surface area (Å²) in [5.41, 5.74) is 0.621. The van der Waals surface area contributed by atoms with Gasteiger partial charge in [-0.25, -0.2) is 19.3 Å². The van der Waals surface area contributed by atoms with E-state index >= 15 is 0 Å². The fourth-order valence-electron chi connectivity index (χ4n) is 1.09. The molecule has 0 fully saturated rings. The zero-order chi connectivity index (χ0) is 10.8. The van der Waals surface area contributed by atoms with Crippen LogP contribution in [0.5, 0.6) is 0 Å². The summed E-state index contributed by atoms with van der Waals surface area (Å²) < 4.78 is 13.4. The molecular formula is C9H4Cl2FN3. The molecule has 0 saturated heterocycles. The monoisotopic (exact) mass is 243 g/mol. The van der Waals surface area contributed by atoms with Gasteiger partial charge in [-0.05, 0) is 6.07 Å². The number of halogens is 3. The lowest BCUT2D eigenvalue weighted by Crippen LogP contribution is -1.90. The summed E-state index contributed by atoms with van der Waals surface area (Å²) in [5.74, 6) is -0.505. The van der Waals surface area contributed by atoms with E-state index in [1.807, 2.05) is 0 Å². The summed E-state index contributed by atoms with van der Waals surface area (Å²) >= 11 is 11.3. The van der Waals surface area contributed by atoms with Crippen molar-refractivity contribution in [3.8, 4) is 11.3 Å². The average Bonchev–Trinajstić information content (AvgIpc) is 2.22. The van der Waals surface area contributed by atoms with E-state index in [0.29, 0.717) is 5.69 Å². The highest BCUT2D eigenvalue weighted by molar-refractivity contribution is 6.30. The van der Waals surface area contributed by atoms with Gasteiger partial charge in [0.15, 0.2) is 5.82 Å². The van der Waals surface area contributed by atoms with Crippen molar-refractivity contribution in [1.82, 2.24) is 15.0 Å². The molecule has 0 N–H and O–H groups in total. The predicted molar refractivity (Wildman–Crippen MR) is 55.2 cm³/mol. The molecule has 0 amide bonds. The number of hydrogen-bond donors (Lipinski definition) is 0. The van der Waals surface area contributed by atoms with Crippen molar-refractivity contribution >= 4 is 23.2 Å². The van der Waals surface area contributed by atoms with Crippen molar-refractivity contribution in [2.45, 2.75) is 0 Å². The Balaban J connectivity index is 2.58. The van der Waals surface area contributed by atoms with Crippen molar-refractivity contribution in [2.75, 3.05) is 0 Å². The van der Waals surface area contributed by atoms with Crippen molar-refractivity contribution in [1.29, 1.82) is 0 Å². The molecule has 0 saturated carbocycles. The van der Waals surface area contributed by atoms with Crippen LogP contribution in [0, 0.1) is 5.82 Å². The van der Waals surface area contributed by atoms with Gasteiger partial charge in [0, 0.05) is 11.6 Å². The standard InChI is InChI=1S/C9H4Cl2FN3/c10-8-1-5(6(12)3-13-8)7-2-9(11)15-4-14-7/h1-4H. The number of rotatable bonds is 1. The lowest BCUT2D eigenvalue weighted by molar-refractivity contribution is 0.624. The topological polar surface area (TPSA) is 38.7 Å². The highest BCUT2D eigenvalue weighted by atomic mass is 35.5. The molecule has 15 heavy (non-hydrogen) atoms. The Kier molecular flexibility index (Phi) is 2.79. The van der Waals surface area contributed by atoms with Crippen molar-refractivity contribution < 1.29 is 4.39 Å². The minimum Gasteiger partial charge on any atom is -0.241 e. The van der Waals surface area contributed by atoms with Crippen LogP contribution in [-0.4, -0.2) is 15.0 Å². The zero-order valence-corrected chi connectivity index (χ0v) is 8.80. The van der Waals surface area contributed by atoms with Gasteiger partial charge >= 0.3 is 0 Å². The first-order valence-corrected chi connectivity index (χ1v) is 4.71. The van der Waals surface area contributed by atoms with Crippen LogP contribution < -0.4 is 0 Å². The minimum absolute atomic E-state index is 0.195. The number of aromatic nitrogens is 3. The second-order valence-corrected chi connectivity index (χ2v) is 3.49. The van der Waals surface area contributed by atoms with Gasteiger partial charge < -0.3 is 0 Å². The van der Waals surface area contributed by atoms with E-state index in [2.05, 4.69) is 15.0 Å². The lowest BCUT2D eigenvalue weighted by atomic mass is 10.2. The quantitative estimate of drug-likeness (QED) is 0.571. The van der Waals surface area contributed by atoms with E-state index < -0.39 is 5.82 Å². The smallest absolute Gasteiger partial charge is 0.150 e. The first-order valence-electron chi connectivity index (χ1n) is 3.96. The van der Waals surface area contributed by atoms with E-state index in [1.54, 1.807) is 0 Å². The number of pyridine rings is 1. The SMILES string of the molecule is Fc1cnc(Cl)cc1-c1cc(Cl)ncn1. The van der Waals surface area contributed by atoms with Gasteiger partial charge in [-0.2, -0.15) is 0 Å². The van der Waals surface area contributed by atoms with Crippen molar-refractivity contribution in [2.24, 2.45) is 0 Å². The summed E-state index contributed by atoms with van der Waals surface area (Å²) in [6.07, 6.45) is 2.29. The van der Waals surface area contributed by atoms with Gasteiger partial charge in [0.05, 0.1) is 11.9 Å². The molecule has 0 aliphatic carbocycles. The fourth-order valence-corrected chi connectivity index (χ4v) is 1.40. The average molecular weight is 244 g/mol.